The summed E-state index contributed by atoms with van der Waals surface area (Å²) in [5.41, 5.74) is 1.30. The van der Waals surface area contributed by atoms with Crippen LogP contribution < -0.4 is 4.74 Å². The van der Waals surface area contributed by atoms with E-state index < -0.39 is 0 Å². The van der Waals surface area contributed by atoms with Crippen molar-refractivity contribution in [2.75, 3.05) is 6.61 Å². The monoisotopic (exact) mass is 364 g/mol. The van der Waals surface area contributed by atoms with Crippen molar-refractivity contribution < 1.29 is 14.6 Å². The minimum Gasteiger partial charge on any atom is -0.503 e. The molecule has 0 saturated carbocycles. The van der Waals surface area contributed by atoms with Crippen LogP contribution in [0.2, 0.25) is 0 Å². The number of ketones is 1. The normalized spacial score (nSPS) is 11.0. The minimum atomic E-state index is -0.123. The molecule has 6 heteroatoms. The van der Waals surface area contributed by atoms with Gasteiger partial charge in [0.05, 0.1) is 22.8 Å². The number of carbonyl (C=O) groups is 1. The van der Waals surface area contributed by atoms with Crippen LogP contribution in [-0.2, 0) is 6.54 Å². The molecule has 0 aliphatic heterocycles. The van der Waals surface area contributed by atoms with E-state index in [1.165, 1.54) is 6.08 Å². The number of hydrogen-bond acceptors (Lipinski definition) is 4. The zero-order chi connectivity index (χ0) is 16.1. The SMILES string of the molecule is CCOc1cc(C=CC(=O)c2cnn(CC)c2)cc(Br)c1O. The molecule has 0 saturated heterocycles. The zero-order valence-electron chi connectivity index (χ0n) is 12.4. The molecule has 1 N–H and O–H groups in total. The molecule has 0 fully saturated rings. The number of nitrogens with zero attached hydrogens (tertiary/aromatic N) is 2. The van der Waals surface area contributed by atoms with Gasteiger partial charge in [0.15, 0.2) is 17.3 Å². The summed E-state index contributed by atoms with van der Waals surface area (Å²) in [4.78, 5) is 12.1. The third-order valence-electron chi connectivity index (χ3n) is 3.02. The number of aromatic nitrogens is 2. The lowest BCUT2D eigenvalue weighted by molar-refractivity contribution is 0.104. The quantitative estimate of drug-likeness (QED) is 0.627. The van der Waals surface area contributed by atoms with E-state index in [2.05, 4.69) is 21.0 Å². The Kier molecular flexibility index (Phi) is 5.38. The third-order valence-corrected chi connectivity index (χ3v) is 3.62. The van der Waals surface area contributed by atoms with Crippen LogP contribution in [0.5, 0.6) is 11.5 Å². The van der Waals surface area contributed by atoms with Crippen LogP contribution in [0.4, 0.5) is 0 Å². The van der Waals surface area contributed by atoms with Crippen molar-refractivity contribution in [3.63, 3.8) is 0 Å². The number of rotatable bonds is 6. The van der Waals surface area contributed by atoms with Gasteiger partial charge in [-0.3, -0.25) is 9.48 Å². The fourth-order valence-electron chi connectivity index (χ4n) is 1.89. The third kappa shape index (κ3) is 3.76. The second kappa shape index (κ2) is 7.26. The number of ether oxygens (including phenoxy) is 1. The van der Waals surface area contributed by atoms with E-state index in [9.17, 15) is 9.90 Å². The maximum atomic E-state index is 12.1. The van der Waals surface area contributed by atoms with Crippen molar-refractivity contribution >= 4 is 27.8 Å². The lowest BCUT2D eigenvalue weighted by atomic mass is 10.1. The molecule has 0 amide bonds. The molecule has 5 nitrogen and oxygen atoms in total. The summed E-state index contributed by atoms with van der Waals surface area (Å²) in [5, 5.41) is 13.9. The average Bonchev–Trinajstić information content (AvgIpc) is 2.99. The Hall–Kier alpha value is -2.08. The van der Waals surface area contributed by atoms with E-state index in [-0.39, 0.29) is 11.5 Å². The number of phenolic OH excluding ortho intramolecular Hbond substituents is 1. The molecule has 0 aliphatic carbocycles. The minimum absolute atomic E-state index is 0.0505. The number of benzene rings is 1. The van der Waals surface area contributed by atoms with Crippen LogP contribution in [0.15, 0.2) is 35.1 Å². The fourth-order valence-corrected chi connectivity index (χ4v) is 2.35. The molecule has 2 rings (SSSR count). The molecular weight excluding hydrogens is 348 g/mol. The number of aryl methyl sites for hydroxylation is 1. The van der Waals surface area contributed by atoms with E-state index in [1.54, 1.807) is 35.3 Å². The number of halogens is 1. The van der Waals surface area contributed by atoms with Gasteiger partial charge < -0.3 is 9.84 Å². The van der Waals surface area contributed by atoms with Gasteiger partial charge in [0, 0.05) is 12.7 Å². The zero-order valence-corrected chi connectivity index (χ0v) is 14.0. The highest BCUT2D eigenvalue weighted by Crippen LogP contribution is 2.35. The van der Waals surface area contributed by atoms with E-state index in [1.807, 2.05) is 13.8 Å². The highest BCUT2D eigenvalue weighted by molar-refractivity contribution is 9.10. The van der Waals surface area contributed by atoms with Gasteiger partial charge in [-0.1, -0.05) is 6.08 Å². The van der Waals surface area contributed by atoms with Crippen LogP contribution >= 0.6 is 15.9 Å². The molecule has 0 bridgehead atoms. The predicted octanol–water partition coefficient (Wildman–Crippen LogP) is 3.67. The smallest absolute Gasteiger partial charge is 0.189 e. The van der Waals surface area contributed by atoms with Gasteiger partial charge in [-0.25, -0.2) is 0 Å². The molecule has 116 valence electrons. The molecule has 0 aliphatic rings. The lowest BCUT2D eigenvalue weighted by Gasteiger charge is -2.08. The van der Waals surface area contributed by atoms with Crippen molar-refractivity contribution in [1.82, 2.24) is 9.78 Å². The van der Waals surface area contributed by atoms with Crippen molar-refractivity contribution in [1.29, 1.82) is 0 Å². The van der Waals surface area contributed by atoms with Crippen molar-refractivity contribution in [3.05, 3.63) is 46.2 Å². The second-order valence-corrected chi connectivity index (χ2v) is 5.42. The summed E-state index contributed by atoms with van der Waals surface area (Å²) < 4.78 is 7.57. The lowest BCUT2D eigenvalue weighted by Crippen LogP contribution is -1.95. The van der Waals surface area contributed by atoms with Gasteiger partial charge in [0.25, 0.3) is 0 Å². The number of allylic oxidation sites excluding steroid dienone is 1. The average molecular weight is 365 g/mol. The van der Waals surface area contributed by atoms with Crippen molar-refractivity contribution in [2.45, 2.75) is 20.4 Å². The maximum Gasteiger partial charge on any atom is 0.189 e. The topological polar surface area (TPSA) is 64.3 Å². The summed E-state index contributed by atoms with van der Waals surface area (Å²) in [7, 11) is 0. The predicted molar refractivity (Wildman–Crippen MR) is 88.2 cm³/mol. The van der Waals surface area contributed by atoms with Crippen LogP contribution in [0.25, 0.3) is 6.08 Å². The molecule has 1 heterocycles. The summed E-state index contributed by atoms with van der Waals surface area (Å²) in [6.45, 7) is 4.97. The van der Waals surface area contributed by atoms with Gasteiger partial charge in [0.1, 0.15) is 0 Å². The van der Waals surface area contributed by atoms with Gasteiger partial charge in [-0.2, -0.15) is 5.10 Å². The molecule has 2 aromatic rings. The Labute approximate surface area is 137 Å². The Bertz CT molecular complexity index is 707. The Morgan fingerprint density at radius 2 is 2.23 bits per heavy atom. The maximum absolute atomic E-state index is 12.1. The summed E-state index contributed by atoms with van der Waals surface area (Å²) in [6.07, 6.45) is 6.42. The molecule has 0 spiro atoms. The Morgan fingerprint density at radius 3 is 2.86 bits per heavy atom. The standard InChI is InChI=1S/C16H17BrN2O3/c1-3-19-10-12(9-18-19)14(20)6-5-11-7-13(17)16(21)15(8-11)22-4-2/h5-10,21H,3-4H2,1-2H3. The number of aromatic hydroxyl groups is 1. The van der Waals surface area contributed by atoms with Crippen LogP contribution in [0.1, 0.15) is 29.8 Å². The van der Waals surface area contributed by atoms with E-state index in [0.29, 0.717) is 22.4 Å². The number of hydrogen-bond donors (Lipinski definition) is 1. The Balaban J connectivity index is 2.20. The molecule has 0 atom stereocenters. The summed E-state index contributed by atoms with van der Waals surface area (Å²) >= 11 is 3.27. The van der Waals surface area contributed by atoms with Crippen molar-refractivity contribution in [2.24, 2.45) is 0 Å². The molecule has 22 heavy (non-hydrogen) atoms. The highest BCUT2D eigenvalue weighted by atomic mass is 79.9. The van der Waals surface area contributed by atoms with E-state index in [0.717, 1.165) is 12.1 Å². The van der Waals surface area contributed by atoms with Crippen molar-refractivity contribution in [3.8, 4) is 11.5 Å². The molecular formula is C16H17BrN2O3. The summed E-state index contributed by atoms with van der Waals surface area (Å²) in [5.74, 6) is 0.305. The summed E-state index contributed by atoms with van der Waals surface area (Å²) in [6, 6.07) is 3.40. The number of phenols is 1. The van der Waals surface area contributed by atoms with Gasteiger partial charge >= 0.3 is 0 Å². The molecule has 0 radical (unpaired) electrons. The first-order valence-electron chi connectivity index (χ1n) is 6.95. The largest absolute Gasteiger partial charge is 0.503 e. The second-order valence-electron chi connectivity index (χ2n) is 4.56. The first kappa shape index (κ1) is 16.3. The fraction of sp³-hybridized carbons (Fsp3) is 0.250. The van der Waals surface area contributed by atoms with Gasteiger partial charge in [-0.15, -0.1) is 0 Å². The molecule has 1 aromatic carbocycles. The van der Waals surface area contributed by atoms with Gasteiger partial charge in [-0.05, 0) is 53.5 Å². The highest BCUT2D eigenvalue weighted by Gasteiger charge is 2.09. The first-order valence-corrected chi connectivity index (χ1v) is 7.74. The van der Waals surface area contributed by atoms with E-state index >= 15 is 0 Å². The van der Waals surface area contributed by atoms with Crippen LogP contribution in [0.3, 0.4) is 0 Å². The Morgan fingerprint density at radius 1 is 1.45 bits per heavy atom. The van der Waals surface area contributed by atoms with Gasteiger partial charge in [0.2, 0.25) is 0 Å². The molecule has 1 aromatic heterocycles. The number of carbonyl (C=O) groups excluding carboxylic acids is 1. The first-order chi connectivity index (χ1) is 10.5. The molecule has 0 unspecified atom stereocenters. The van der Waals surface area contributed by atoms with Crippen LogP contribution in [0, 0.1) is 0 Å². The van der Waals surface area contributed by atoms with E-state index in [4.69, 9.17) is 4.74 Å². The van der Waals surface area contributed by atoms with Crippen LogP contribution in [-0.4, -0.2) is 27.3 Å².